The van der Waals surface area contributed by atoms with E-state index in [1.54, 1.807) is 19.1 Å². The van der Waals surface area contributed by atoms with Gasteiger partial charge in [-0.2, -0.15) is 0 Å². The van der Waals surface area contributed by atoms with Gasteiger partial charge in [-0.05, 0) is 32.0 Å². The van der Waals surface area contributed by atoms with Gasteiger partial charge in [0.15, 0.2) is 6.61 Å². The highest BCUT2D eigenvalue weighted by Crippen LogP contribution is 2.07. The molecule has 0 bridgehead atoms. The number of carbonyl (C=O) groups excluding carboxylic acids is 2. The highest BCUT2D eigenvalue weighted by molar-refractivity contribution is 5.87. The Kier molecular flexibility index (Phi) is 8.67. The monoisotopic (exact) mass is 307 g/mol. The van der Waals surface area contributed by atoms with Crippen molar-refractivity contribution in [2.45, 2.75) is 26.3 Å². The summed E-state index contributed by atoms with van der Waals surface area (Å²) in [5, 5.41) is 8.56. The van der Waals surface area contributed by atoms with E-state index in [0.29, 0.717) is 12.3 Å². The molecule has 122 valence electrons. The minimum absolute atomic E-state index is 0.111. The minimum Gasteiger partial charge on any atom is -0.484 e. The fourth-order valence-corrected chi connectivity index (χ4v) is 1.74. The van der Waals surface area contributed by atoms with Crippen LogP contribution < -0.4 is 20.7 Å². The summed E-state index contributed by atoms with van der Waals surface area (Å²) in [4.78, 5) is 23.5. The second kappa shape index (κ2) is 10.6. The summed E-state index contributed by atoms with van der Waals surface area (Å²) in [5.41, 5.74) is 0. The molecule has 0 fully saturated rings. The predicted molar refractivity (Wildman–Crippen MR) is 85.7 cm³/mol. The van der Waals surface area contributed by atoms with Gasteiger partial charge in [0.25, 0.3) is 5.91 Å². The largest absolute Gasteiger partial charge is 0.484 e. The van der Waals surface area contributed by atoms with Gasteiger partial charge in [0.2, 0.25) is 5.91 Å². The predicted octanol–water partition coefficient (Wildman–Crippen LogP) is 0.686. The van der Waals surface area contributed by atoms with Gasteiger partial charge in [-0.3, -0.25) is 9.59 Å². The minimum atomic E-state index is -0.585. The van der Waals surface area contributed by atoms with E-state index in [1.165, 1.54) is 0 Å². The molecule has 0 aliphatic rings. The number of benzene rings is 1. The molecule has 0 saturated carbocycles. The van der Waals surface area contributed by atoms with Gasteiger partial charge in [0.05, 0.1) is 0 Å². The highest BCUT2D eigenvalue weighted by Gasteiger charge is 2.15. The van der Waals surface area contributed by atoms with Crippen molar-refractivity contribution < 1.29 is 14.3 Å². The van der Waals surface area contributed by atoms with Crippen LogP contribution in [-0.2, 0) is 9.59 Å². The normalized spacial score (nSPS) is 11.5. The maximum atomic E-state index is 11.8. The Morgan fingerprint density at radius 3 is 2.55 bits per heavy atom. The molecule has 6 nitrogen and oxygen atoms in total. The lowest BCUT2D eigenvalue weighted by atomic mass is 10.3. The summed E-state index contributed by atoms with van der Waals surface area (Å²) in [7, 11) is 0. The molecule has 3 N–H and O–H groups in total. The lowest BCUT2D eigenvalue weighted by molar-refractivity contribution is -0.129. The molecule has 0 spiro atoms. The maximum absolute atomic E-state index is 11.8. The Bertz CT molecular complexity index is 451. The van der Waals surface area contributed by atoms with E-state index in [-0.39, 0.29) is 18.4 Å². The summed E-state index contributed by atoms with van der Waals surface area (Å²) >= 11 is 0. The first-order chi connectivity index (χ1) is 10.6. The van der Waals surface area contributed by atoms with Crippen LogP contribution in [-0.4, -0.2) is 44.1 Å². The van der Waals surface area contributed by atoms with Crippen LogP contribution in [0.4, 0.5) is 0 Å². The van der Waals surface area contributed by atoms with E-state index in [2.05, 4.69) is 22.9 Å². The molecule has 0 aliphatic heterocycles. The van der Waals surface area contributed by atoms with Crippen molar-refractivity contribution in [3.05, 3.63) is 30.3 Å². The molecular formula is C16H25N3O3. The molecule has 2 amide bonds. The lowest BCUT2D eigenvalue weighted by Crippen LogP contribution is -2.47. The number of ether oxygens (including phenoxy) is 1. The fraction of sp³-hybridized carbons (Fsp3) is 0.500. The zero-order valence-electron chi connectivity index (χ0n) is 13.2. The summed E-state index contributed by atoms with van der Waals surface area (Å²) in [5.74, 6) is 0.0960. The smallest absolute Gasteiger partial charge is 0.258 e. The zero-order valence-corrected chi connectivity index (χ0v) is 13.2. The average molecular weight is 307 g/mol. The molecule has 6 heteroatoms. The Morgan fingerprint density at radius 1 is 1.14 bits per heavy atom. The SMILES string of the molecule is CCCNCCNC(=O)C(C)NC(=O)COc1ccccc1. The molecule has 0 radical (unpaired) electrons. The second-order valence-electron chi connectivity index (χ2n) is 4.93. The van der Waals surface area contributed by atoms with Crippen molar-refractivity contribution in [3.8, 4) is 5.75 Å². The Labute approximate surface area is 131 Å². The average Bonchev–Trinajstić information content (AvgIpc) is 2.53. The molecule has 1 aromatic carbocycles. The number of rotatable bonds is 10. The Morgan fingerprint density at radius 2 is 1.86 bits per heavy atom. The van der Waals surface area contributed by atoms with Crippen LogP contribution in [0, 0.1) is 0 Å². The van der Waals surface area contributed by atoms with E-state index < -0.39 is 6.04 Å². The van der Waals surface area contributed by atoms with E-state index in [9.17, 15) is 9.59 Å². The summed E-state index contributed by atoms with van der Waals surface area (Å²) in [6.07, 6.45) is 1.06. The highest BCUT2D eigenvalue weighted by atomic mass is 16.5. The van der Waals surface area contributed by atoms with Crippen LogP contribution in [0.15, 0.2) is 30.3 Å². The molecule has 22 heavy (non-hydrogen) atoms. The number of carbonyl (C=O) groups is 2. The Hall–Kier alpha value is -2.08. The van der Waals surface area contributed by atoms with E-state index in [4.69, 9.17) is 4.74 Å². The zero-order chi connectivity index (χ0) is 16.2. The number of nitrogens with one attached hydrogen (secondary N) is 3. The van der Waals surface area contributed by atoms with E-state index in [1.807, 2.05) is 18.2 Å². The summed E-state index contributed by atoms with van der Waals surface area (Å²) in [6.45, 7) is 5.81. The van der Waals surface area contributed by atoms with Gasteiger partial charge in [0.1, 0.15) is 11.8 Å². The topological polar surface area (TPSA) is 79.5 Å². The van der Waals surface area contributed by atoms with Crippen LogP contribution in [0.2, 0.25) is 0 Å². The lowest BCUT2D eigenvalue weighted by Gasteiger charge is -2.14. The molecule has 1 atom stereocenters. The molecule has 1 aromatic rings. The van der Waals surface area contributed by atoms with Gasteiger partial charge >= 0.3 is 0 Å². The fourth-order valence-electron chi connectivity index (χ4n) is 1.74. The van der Waals surface area contributed by atoms with Crippen LogP contribution in [0.25, 0.3) is 0 Å². The van der Waals surface area contributed by atoms with Crippen molar-refractivity contribution in [2.24, 2.45) is 0 Å². The van der Waals surface area contributed by atoms with Crippen molar-refractivity contribution in [3.63, 3.8) is 0 Å². The first-order valence-corrected chi connectivity index (χ1v) is 7.59. The van der Waals surface area contributed by atoms with Gasteiger partial charge in [-0.25, -0.2) is 0 Å². The molecule has 0 aliphatic carbocycles. The van der Waals surface area contributed by atoms with Gasteiger partial charge in [-0.15, -0.1) is 0 Å². The van der Waals surface area contributed by atoms with Gasteiger partial charge in [-0.1, -0.05) is 25.1 Å². The number of para-hydroxylation sites is 1. The Balaban J connectivity index is 2.18. The summed E-state index contributed by atoms with van der Waals surface area (Å²) < 4.78 is 5.32. The van der Waals surface area contributed by atoms with Crippen molar-refractivity contribution in [2.75, 3.05) is 26.2 Å². The van der Waals surface area contributed by atoms with Crippen LogP contribution in [0.3, 0.4) is 0 Å². The first kappa shape index (κ1) is 18.0. The molecule has 0 aromatic heterocycles. The molecular weight excluding hydrogens is 282 g/mol. The first-order valence-electron chi connectivity index (χ1n) is 7.59. The molecule has 1 unspecified atom stereocenters. The number of hydrogen-bond donors (Lipinski definition) is 3. The van der Waals surface area contributed by atoms with E-state index in [0.717, 1.165) is 19.5 Å². The van der Waals surface area contributed by atoms with Gasteiger partial charge < -0.3 is 20.7 Å². The van der Waals surface area contributed by atoms with Crippen LogP contribution >= 0.6 is 0 Å². The van der Waals surface area contributed by atoms with Gasteiger partial charge in [0, 0.05) is 13.1 Å². The molecule has 1 rings (SSSR count). The van der Waals surface area contributed by atoms with Crippen molar-refractivity contribution >= 4 is 11.8 Å². The third kappa shape index (κ3) is 7.64. The van der Waals surface area contributed by atoms with E-state index >= 15 is 0 Å². The third-order valence-electron chi connectivity index (χ3n) is 2.91. The standard InChI is InChI=1S/C16H25N3O3/c1-3-9-17-10-11-18-16(21)13(2)19-15(20)12-22-14-7-5-4-6-8-14/h4-8,13,17H,3,9-12H2,1-2H3,(H,18,21)(H,19,20). The van der Waals surface area contributed by atoms with Crippen LogP contribution in [0.5, 0.6) is 5.75 Å². The third-order valence-corrected chi connectivity index (χ3v) is 2.91. The van der Waals surface area contributed by atoms with Crippen LogP contribution in [0.1, 0.15) is 20.3 Å². The second-order valence-corrected chi connectivity index (χ2v) is 4.93. The van der Waals surface area contributed by atoms with Crippen molar-refractivity contribution in [1.29, 1.82) is 0 Å². The van der Waals surface area contributed by atoms with Crippen molar-refractivity contribution in [1.82, 2.24) is 16.0 Å². The number of amides is 2. The maximum Gasteiger partial charge on any atom is 0.258 e. The number of hydrogen-bond acceptors (Lipinski definition) is 4. The molecule has 0 heterocycles. The molecule has 0 saturated heterocycles. The quantitative estimate of drug-likeness (QED) is 0.556. The summed E-state index contributed by atoms with van der Waals surface area (Å²) in [6, 6.07) is 8.48.